The fourth-order valence-electron chi connectivity index (χ4n) is 3.37. The molecule has 0 heterocycles. The Balaban J connectivity index is 2.12. The van der Waals surface area contributed by atoms with Crippen molar-refractivity contribution < 1.29 is 4.39 Å². The average molecular weight is 277 g/mol. The van der Waals surface area contributed by atoms with E-state index in [1.807, 2.05) is 13.0 Å². The molecular formula is C18H28FN. The van der Waals surface area contributed by atoms with E-state index in [4.69, 9.17) is 0 Å². The van der Waals surface area contributed by atoms with Crippen LogP contribution in [0.1, 0.15) is 62.5 Å². The molecule has 0 saturated heterocycles. The first kappa shape index (κ1) is 15.5. The maximum atomic E-state index is 13.9. The van der Waals surface area contributed by atoms with Crippen LogP contribution in [0, 0.1) is 18.7 Å². The Morgan fingerprint density at radius 2 is 2.00 bits per heavy atom. The Morgan fingerprint density at radius 1 is 1.20 bits per heavy atom. The van der Waals surface area contributed by atoms with E-state index in [9.17, 15) is 4.39 Å². The molecule has 2 unspecified atom stereocenters. The van der Waals surface area contributed by atoms with Crippen molar-refractivity contribution in [3.63, 3.8) is 0 Å². The molecular weight excluding hydrogens is 249 g/mol. The number of aryl methyl sites for hydroxylation is 1. The van der Waals surface area contributed by atoms with E-state index in [2.05, 4.69) is 18.3 Å². The van der Waals surface area contributed by atoms with Crippen molar-refractivity contribution in [1.82, 2.24) is 5.32 Å². The summed E-state index contributed by atoms with van der Waals surface area (Å²) in [4.78, 5) is 0. The topological polar surface area (TPSA) is 12.0 Å². The average Bonchev–Trinajstić information content (AvgIpc) is 2.68. The third kappa shape index (κ3) is 4.05. The van der Waals surface area contributed by atoms with Crippen LogP contribution in [0.4, 0.5) is 4.39 Å². The maximum Gasteiger partial charge on any atom is 0.126 e. The van der Waals surface area contributed by atoms with Gasteiger partial charge < -0.3 is 5.32 Å². The molecule has 0 aliphatic heterocycles. The Labute approximate surface area is 123 Å². The van der Waals surface area contributed by atoms with E-state index >= 15 is 0 Å². The molecule has 1 N–H and O–H groups in total. The van der Waals surface area contributed by atoms with Crippen LogP contribution in [0.2, 0.25) is 0 Å². The Morgan fingerprint density at radius 3 is 2.75 bits per heavy atom. The number of rotatable bonds is 5. The highest BCUT2D eigenvalue weighted by Crippen LogP contribution is 2.36. The summed E-state index contributed by atoms with van der Waals surface area (Å²) in [5.41, 5.74) is 1.96. The third-order valence-corrected chi connectivity index (χ3v) is 4.62. The van der Waals surface area contributed by atoms with Gasteiger partial charge in [0.2, 0.25) is 0 Å². The number of halogens is 1. The van der Waals surface area contributed by atoms with Crippen molar-refractivity contribution >= 4 is 0 Å². The van der Waals surface area contributed by atoms with Crippen LogP contribution in [0.5, 0.6) is 0 Å². The first-order valence-corrected chi connectivity index (χ1v) is 8.19. The van der Waals surface area contributed by atoms with E-state index < -0.39 is 0 Å². The van der Waals surface area contributed by atoms with Gasteiger partial charge in [-0.15, -0.1) is 0 Å². The number of nitrogens with one attached hydrogen (secondary N) is 1. The fraction of sp³-hybridized carbons (Fsp3) is 0.667. The smallest absolute Gasteiger partial charge is 0.126 e. The minimum absolute atomic E-state index is 0.0491. The lowest BCUT2D eigenvalue weighted by Gasteiger charge is -2.26. The lowest BCUT2D eigenvalue weighted by molar-refractivity contribution is 0.375. The Hall–Kier alpha value is -0.890. The van der Waals surface area contributed by atoms with Gasteiger partial charge in [-0.25, -0.2) is 4.39 Å². The second kappa shape index (κ2) is 7.78. The zero-order chi connectivity index (χ0) is 14.4. The minimum Gasteiger partial charge on any atom is -0.316 e. The highest BCUT2D eigenvalue weighted by atomic mass is 19.1. The summed E-state index contributed by atoms with van der Waals surface area (Å²) in [6.07, 6.45) is 7.59. The summed E-state index contributed by atoms with van der Waals surface area (Å²) in [5, 5.41) is 3.56. The van der Waals surface area contributed by atoms with Crippen molar-refractivity contribution in [3.05, 3.63) is 35.1 Å². The van der Waals surface area contributed by atoms with Gasteiger partial charge in [0.25, 0.3) is 0 Å². The molecule has 1 nitrogen and oxygen atoms in total. The van der Waals surface area contributed by atoms with Gasteiger partial charge in [-0.05, 0) is 68.3 Å². The van der Waals surface area contributed by atoms with E-state index in [0.717, 1.165) is 18.7 Å². The zero-order valence-corrected chi connectivity index (χ0v) is 12.9. The van der Waals surface area contributed by atoms with Crippen molar-refractivity contribution in [3.8, 4) is 0 Å². The maximum absolute atomic E-state index is 13.9. The normalized spacial score (nSPS) is 23.6. The molecule has 0 bridgehead atoms. The van der Waals surface area contributed by atoms with Crippen LogP contribution in [0.3, 0.4) is 0 Å². The second-order valence-corrected chi connectivity index (χ2v) is 6.22. The minimum atomic E-state index is -0.0491. The second-order valence-electron chi connectivity index (χ2n) is 6.22. The monoisotopic (exact) mass is 277 g/mol. The van der Waals surface area contributed by atoms with Crippen molar-refractivity contribution in [2.45, 2.75) is 58.3 Å². The molecule has 1 aliphatic carbocycles. The van der Waals surface area contributed by atoms with Gasteiger partial charge in [0, 0.05) is 0 Å². The molecule has 112 valence electrons. The molecule has 0 radical (unpaired) electrons. The molecule has 1 fully saturated rings. The van der Waals surface area contributed by atoms with Crippen molar-refractivity contribution in [2.75, 3.05) is 13.1 Å². The number of hydrogen-bond donors (Lipinski definition) is 1. The van der Waals surface area contributed by atoms with Crippen LogP contribution >= 0.6 is 0 Å². The lowest BCUT2D eigenvalue weighted by Crippen LogP contribution is -2.27. The van der Waals surface area contributed by atoms with E-state index in [-0.39, 0.29) is 5.82 Å². The first-order chi connectivity index (χ1) is 9.72. The molecule has 20 heavy (non-hydrogen) atoms. The zero-order valence-electron chi connectivity index (χ0n) is 12.9. The molecule has 2 heteroatoms. The number of benzene rings is 1. The highest BCUT2D eigenvalue weighted by molar-refractivity contribution is 5.27. The summed E-state index contributed by atoms with van der Waals surface area (Å²) in [6.45, 7) is 6.21. The van der Waals surface area contributed by atoms with E-state index in [1.54, 1.807) is 6.07 Å². The third-order valence-electron chi connectivity index (χ3n) is 4.62. The van der Waals surface area contributed by atoms with Crippen LogP contribution in [-0.4, -0.2) is 13.1 Å². The van der Waals surface area contributed by atoms with Gasteiger partial charge in [0.15, 0.2) is 0 Å². The largest absolute Gasteiger partial charge is 0.316 e. The molecule has 1 aliphatic rings. The summed E-state index contributed by atoms with van der Waals surface area (Å²) in [7, 11) is 0. The van der Waals surface area contributed by atoms with Crippen LogP contribution < -0.4 is 5.32 Å². The first-order valence-electron chi connectivity index (χ1n) is 8.19. The number of hydrogen-bond acceptors (Lipinski definition) is 1. The Kier molecular flexibility index (Phi) is 6.03. The molecule has 2 rings (SSSR count). The van der Waals surface area contributed by atoms with E-state index in [0.29, 0.717) is 11.8 Å². The standard InChI is InChI=1S/C18H28FN/c1-3-11-20-13-16-7-5-4-6-8-17(16)15-10-9-14(2)18(19)12-15/h9-10,12,16-17,20H,3-8,11,13H2,1-2H3. The fourth-order valence-corrected chi connectivity index (χ4v) is 3.37. The summed E-state index contributed by atoms with van der Waals surface area (Å²) >= 11 is 0. The SMILES string of the molecule is CCCNCC1CCCCCC1c1ccc(C)c(F)c1. The summed E-state index contributed by atoms with van der Waals surface area (Å²) < 4.78 is 13.9. The summed E-state index contributed by atoms with van der Waals surface area (Å²) in [5.74, 6) is 1.13. The van der Waals surface area contributed by atoms with Crippen molar-refractivity contribution in [1.29, 1.82) is 0 Å². The summed E-state index contributed by atoms with van der Waals surface area (Å²) in [6, 6.07) is 5.85. The molecule has 0 spiro atoms. The van der Waals surface area contributed by atoms with Gasteiger partial charge in [-0.3, -0.25) is 0 Å². The van der Waals surface area contributed by atoms with Crippen LogP contribution in [0.25, 0.3) is 0 Å². The highest BCUT2D eigenvalue weighted by Gasteiger charge is 2.25. The van der Waals surface area contributed by atoms with Gasteiger partial charge in [-0.1, -0.05) is 38.3 Å². The predicted molar refractivity (Wildman–Crippen MR) is 83.6 cm³/mol. The Bertz CT molecular complexity index is 416. The lowest BCUT2D eigenvalue weighted by atomic mass is 9.82. The van der Waals surface area contributed by atoms with Crippen LogP contribution in [-0.2, 0) is 0 Å². The molecule has 1 aromatic rings. The quantitative estimate of drug-likeness (QED) is 0.602. The molecule has 0 aromatic heterocycles. The molecule has 1 saturated carbocycles. The van der Waals surface area contributed by atoms with Crippen molar-refractivity contribution in [2.24, 2.45) is 5.92 Å². The van der Waals surface area contributed by atoms with Gasteiger partial charge in [0.05, 0.1) is 0 Å². The predicted octanol–water partition coefficient (Wildman–Crippen LogP) is 4.80. The molecule has 1 aromatic carbocycles. The van der Waals surface area contributed by atoms with E-state index in [1.165, 1.54) is 44.1 Å². The molecule has 2 atom stereocenters. The molecule has 0 amide bonds. The van der Waals surface area contributed by atoms with Gasteiger partial charge >= 0.3 is 0 Å². The van der Waals surface area contributed by atoms with Gasteiger partial charge in [-0.2, -0.15) is 0 Å². The van der Waals surface area contributed by atoms with Gasteiger partial charge in [0.1, 0.15) is 5.82 Å². The van der Waals surface area contributed by atoms with Crippen LogP contribution in [0.15, 0.2) is 18.2 Å².